The maximum absolute atomic E-state index is 13.8. The molecule has 2 aromatic heterocycles. The third kappa shape index (κ3) is 2.54. The Balaban J connectivity index is 1.88. The lowest BCUT2D eigenvalue weighted by Gasteiger charge is -2.10. The number of ether oxygens (including phenoxy) is 1. The number of aryl methyl sites for hydroxylation is 1. The van der Waals surface area contributed by atoms with E-state index in [1.165, 1.54) is 6.07 Å². The van der Waals surface area contributed by atoms with Crippen molar-refractivity contribution in [2.45, 2.75) is 13.5 Å². The summed E-state index contributed by atoms with van der Waals surface area (Å²) in [5.41, 5.74) is 3.24. The summed E-state index contributed by atoms with van der Waals surface area (Å²) in [4.78, 5) is 4.49. The minimum Gasteiger partial charge on any atom is -0.497 e. The van der Waals surface area contributed by atoms with Crippen molar-refractivity contribution in [2.24, 2.45) is 0 Å². The molecule has 0 aliphatic carbocycles. The maximum atomic E-state index is 13.8. The quantitative estimate of drug-likeness (QED) is 0.798. The van der Waals surface area contributed by atoms with Crippen LogP contribution in [0.3, 0.4) is 0 Å². The Morgan fingerprint density at radius 1 is 1.29 bits per heavy atom. The number of fused-ring (bicyclic) bond motifs is 1. The molecule has 5 heteroatoms. The van der Waals surface area contributed by atoms with Crippen LogP contribution < -0.4 is 10.1 Å². The molecule has 3 rings (SSSR count). The van der Waals surface area contributed by atoms with Crippen LogP contribution in [0, 0.1) is 12.7 Å². The number of methoxy groups -OCH3 is 1. The van der Waals surface area contributed by atoms with Crippen molar-refractivity contribution in [3.8, 4) is 5.75 Å². The number of aromatic nitrogens is 2. The van der Waals surface area contributed by atoms with E-state index in [-0.39, 0.29) is 5.82 Å². The summed E-state index contributed by atoms with van der Waals surface area (Å²) in [5, 5.41) is 3.11. The molecule has 0 fully saturated rings. The summed E-state index contributed by atoms with van der Waals surface area (Å²) >= 11 is 0. The van der Waals surface area contributed by atoms with E-state index in [4.69, 9.17) is 4.74 Å². The second kappa shape index (κ2) is 5.44. The number of hydrogen-bond acceptors (Lipinski definition) is 3. The lowest BCUT2D eigenvalue weighted by atomic mass is 10.2. The van der Waals surface area contributed by atoms with Crippen LogP contribution in [0.1, 0.15) is 11.4 Å². The van der Waals surface area contributed by atoms with Crippen LogP contribution in [0.2, 0.25) is 0 Å². The average Bonchev–Trinajstić information content (AvgIpc) is 2.82. The fourth-order valence-electron chi connectivity index (χ4n) is 2.32. The minimum atomic E-state index is -0.303. The van der Waals surface area contributed by atoms with Gasteiger partial charge in [-0.3, -0.25) is 0 Å². The molecule has 0 aliphatic rings. The second-order valence-electron chi connectivity index (χ2n) is 4.77. The van der Waals surface area contributed by atoms with E-state index in [0.717, 1.165) is 17.0 Å². The van der Waals surface area contributed by atoms with Gasteiger partial charge in [0.15, 0.2) is 0 Å². The molecule has 0 radical (unpaired) electrons. The smallest absolute Gasteiger partial charge is 0.146 e. The molecule has 0 atom stereocenters. The predicted molar refractivity (Wildman–Crippen MR) is 80.2 cm³/mol. The number of hydrogen-bond donors (Lipinski definition) is 1. The highest BCUT2D eigenvalue weighted by molar-refractivity contribution is 5.51. The molecule has 3 aromatic rings. The first-order valence-corrected chi connectivity index (χ1v) is 6.69. The highest BCUT2D eigenvalue weighted by Crippen LogP contribution is 2.22. The van der Waals surface area contributed by atoms with Gasteiger partial charge in [0.1, 0.15) is 17.2 Å². The van der Waals surface area contributed by atoms with Crippen LogP contribution in [-0.2, 0) is 6.54 Å². The van der Waals surface area contributed by atoms with Gasteiger partial charge in [-0.05, 0) is 31.2 Å². The molecule has 0 amide bonds. The summed E-state index contributed by atoms with van der Waals surface area (Å²) in [5.74, 6) is 0.316. The van der Waals surface area contributed by atoms with Gasteiger partial charge in [-0.25, -0.2) is 9.37 Å². The molecular formula is C16H16FN3O. The predicted octanol–water partition coefficient (Wildman–Crippen LogP) is 3.40. The van der Waals surface area contributed by atoms with Crippen LogP contribution in [-0.4, -0.2) is 16.5 Å². The Labute approximate surface area is 122 Å². The molecule has 0 unspecified atom stereocenters. The zero-order valence-corrected chi connectivity index (χ0v) is 11.9. The van der Waals surface area contributed by atoms with E-state index >= 15 is 0 Å². The van der Waals surface area contributed by atoms with Crippen molar-refractivity contribution in [3.63, 3.8) is 0 Å². The first-order valence-electron chi connectivity index (χ1n) is 6.69. The molecule has 4 nitrogen and oxygen atoms in total. The van der Waals surface area contributed by atoms with Crippen LogP contribution in [0.4, 0.5) is 10.1 Å². The zero-order valence-electron chi connectivity index (χ0n) is 11.9. The van der Waals surface area contributed by atoms with Gasteiger partial charge in [0, 0.05) is 12.3 Å². The van der Waals surface area contributed by atoms with Gasteiger partial charge in [-0.15, -0.1) is 0 Å². The van der Waals surface area contributed by atoms with Crippen LogP contribution in [0.25, 0.3) is 5.65 Å². The van der Waals surface area contributed by atoms with Gasteiger partial charge >= 0.3 is 0 Å². The van der Waals surface area contributed by atoms with Crippen molar-refractivity contribution >= 4 is 11.3 Å². The number of nitrogens with one attached hydrogen (secondary N) is 1. The normalized spacial score (nSPS) is 10.8. The van der Waals surface area contributed by atoms with E-state index < -0.39 is 0 Å². The van der Waals surface area contributed by atoms with Crippen molar-refractivity contribution in [2.75, 3.05) is 12.4 Å². The summed E-state index contributed by atoms with van der Waals surface area (Å²) in [6, 6.07) is 10.5. The highest BCUT2D eigenvalue weighted by Gasteiger charge is 2.09. The Hall–Kier alpha value is -2.56. The molecule has 1 aromatic carbocycles. The summed E-state index contributed by atoms with van der Waals surface area (Å²) in [6.07, 6.45) is 1.95. The average molecular weight is 285 g/mol. The van der Waals surface area contributed by atoms with Crippen molar-refractivity contribution in [3.05, 3.63) is 59.8 Å². The number of benzene rings is 1. The number of imidazole rings is 1. The molecule has 1 N–H and O–H groups in total. The molecule has 0 spiro atoms. The van der Waals surface area contributed by atoms with E-state index in [0.29, 0.717) is 18.0 Å². The number of halogens is 1. The Morgan fingerprint density at radius 3 is 2.95 bits per heavy atom. The topological polar surface area (TPSA) is 38.6 Å². The molecule has 0 saturated heterocycles. The SMILES string of the molecule is COc1ccc(F)c(NCc2c(C)nc3ccccn23)c1. The Morgan fingerprint density at radius 2 is 2.14 bits per heavy atom. The number of pyridine rings is 1. The largest absolute Gasteiger partial charge is 0.497 e. The van der Waals surface area contributed by atoms with Crippen LogP contribution >= 0.6 is 0 Å². The van der Waals surface area contributed by atoms with Gasteiger partial charge < -0.3 is 14.5 Å². The number of rotatable bonds is 4. The van der Waals surface area contributed by atoms with Gasteiger partial charge in [0.2, 0.25) is 0 Å². The second-order valence-corrected chi connectivity index (χ2v) is 4.77. The lowest BCUT2D eigenvalue weighted by molar-refractivity contribution is 0.414. The summed E-state index contributed by atoms with van der Waals surface area (Å²) in [6.45, 7) is 2.44. The first kappa shape index (κ1) is 13.4. The first-order chi connectivity index (χ1) is 10.2. The number of anilines is 1. The van der Waals surface area contributed by atoms with Crippen LogP contribution in [0.5, 0.6) is 5.75 Å². The van der Waals surface area contributed by atoms with Crippen molar-refractivity contribution in [1.82, 2.24) is 9.38 Å². The van der Waals surface area contributed by atoms with E-state index in [2.05, 4.69) is 10.3 Å². The summed E-state index contributed by atoms with van der Waals surface area (Å²) < 4.78 is 20.9. The van der Waals surface area contributed by atoms with Crippen LogP contribution in [0.15, 0.2) is 42.6 Å². The third-order valence-electron chi connectivity index (χ3n) is 3.45. The maximum Gasteiger partial charge on any atom is 0.146 e. The molecular weight excluding hydrogens is 269 g/mol. The Kier molecular flexibility index (Phi) is 3.48. The lowest BCUT2D eigenvalue weighted by Crippen LogP contribution is -2.05. The minimum absolute atomic E-state index is 0.303. The molecule has 2 heterocycles. The monoisotopic (exact) mass is 285 g/mol. The molecule has 0 bridgehead atoms. The fourth-order valence-corrected chi connectivity index (χ4v) is 2.32. The van der Waals surface area contributed by atoms with Gasteiger partial charge in [-0.2, -0.15) is 0 Å². The summed E-state index contributed by atoms with van der Waals surface area (Å²) in [7, 11) is 1.56. The standard InChI is InChI=1S/C16H16FN3O/c1-11-15(20-8-4-3-5-16(20)19-11)10-18-14-9-12(21-2)6-7-13(14)17/h3-9,18H,10H2,1-2H3. The molecule has 0 saturated carbocycles. The highest BCUT2D eigenvalue weighted by atomic mass is 19.1. The zero-order chi connectivity index (χ0) is 14.8. The van der Waals surface area contributed by atoms with E-state index in [1.807, 2.05) is 35.7 Å². The van der Waals surface area contributed by atoms with E-state index in [9.17, 15) is 4.39 Å². The Bertz CT molecular complexity index is 782. The number of nitrogens with zero attached hydrogens (tertiary/aromatic N) is 2. The van der Waals surface area contributed by atoms with Gasteiger partial charge in [-0.1, -0.05) is 6.07 Å². The van der Waals surface area contributed by atoms with Gasteiger partial charge in [0.05, 0.1) is 30.7 Å². The molecule has 0 aliphatic heterocycles. The van der Waals surface area contributed by atoms with Gasteiger partial charge in [0.25, 0.3) is 0 Å². The third-order valence-corrected chi connectivity index (χ3v) is 3.45. The van der Waals surface area contributed by atoms with E-state index in [1.54, 1.807) is 19.2 Å². The van der Waals surface area contributed by atoms with Crippen molar-refractivity contribution in [1.29, 1.82) is 0 Å². The molecule has 108 valence electrons. The van der Waals surface area contributed by atoms with Crippen molar-refractivity contribution < 1.29 is 9.13 Å². The fraction of sp³-hybridized carbons (Fsp3) is 0.188. The molecule has 21 heavy (non-hydrogen) atoms.